The van der Waals surface area contributed by atoms with Crippen molar-refractivity contribution in [1.82, 2.24) is 0 Å². The number of nitriles is 1. The van der Waals surface area contributed by atoms with Gasteiger partial charge in [-0.1, -0.05) is 30.0 Å². The summed E-state index contributed by atoms with van der Waals surface area (Å²) in [5.74, 6) is -0.949. The molecule has 2 aromatic rings. The first kappa shape index (κ1) is 22.2. The molecule has 0 bridgehead atoms. The molecule has 164 valence electrons. The van der Waals surface area contributed by atoms with Crippen molar-refractivity contribution >= 4 is 45.7 Å². The third kappa shape index (κ3) is 4.18. The number of nitrogens with one attached hydrogen (secondary N) is 1. The molecule has 0 saturated carbocycles. The van der Waals surface area contributed by atoms with Crippen LogP contribution in [-0.2, 0) is 22.4 Å². The Bertz CT molecular complexity index is 1160. The van der Waals surface area contributed by atoms with E-state index in [4.69, 9.17) is 4.74 Å². The average Bonchev–Trinajstić information content (AvgIpc) is 3.35. The van der Waals surface area contributed by atoms with Crippen LogP contribution in [0.4, 0.5) is 10.7 Å². The van der Waals surface area contributed by atoms with Crippen molar-refractivity contribution in [2.24, 2.45) is 0 Å². The van der Waals surface area contributed by atoms with Crippen molar-refractivity contribution in [3.05, 3.63) is 68.0 Å². The van der Waals surface area contributed by atoms with Gasteiger partial charge in [0, 0.05) is 16.3 Å². The molecule has 1 aromatic heterocycles. The highest BCUT2D eigenvalue weighted by molar-refractivity contribution is 8.06. The third-order valence-electron chi connectivity index (χ3n) is 5.34. The Kier molecular flexibility index (Phi) is 6.68. The maximum absolute atomic E-state index is 13.3. The van der Waals surface area contributed by atoms with Crippen LogP contribution >= 0.6 is 23.1 Å². The highest BCUT2D eigenvalue weighted by Crippen LogP contribution is 2.42. The standard InChI is InChI=1S/C24H23N3O3S2/c1-3-30-24(29)20-17-11-7-8-12-19(17)32-22(20)26-21(28)18(13-25)23-27(15(2)14-31-23)16-9-5-4-6-10-16/h4-6,9-10,14H,3,7-8,11-12H2,1-2H3,(H,26,28)/b23-18-. The van der Waals surface area contributed by atoms with E-state index in [-0.39, 0.29) is 12.2 Å². The first-order valence-corrected chi connectivity index (χ1v) is 12.2. The first-order chi connectivity index (χ1) is 15.5. The summed E-state index contributed by atoms with van der Waals surface area (Å²) < 4.78 is 5.27. The lowest BCUT2D eigenvalue weighted by Crippen LogP contribution is -2.22. The van der Waals surface area contributed by atoms with Gasteiger partial charge in [0.15, 0.2) is 0 Å². The number of nitrogens with zero attached hydrogens (tertiary/aromatic N) is 2. The van der Waals surface area contributed by atoms with Gasteiger partial charge in [-0.25, -0.2) is 4.79 Å². The van der Waals surface area contributed by atoms with Crippen LogP contribution < -0.4 is 10.2 Å². The van der Waals surface area contributed by atoms with Gasteiger partial charge in [-0.2, -0.15) is 5.26 Å². The van der Waals surface area contributed by atoms with Crippen LogP contribution in [-0.4, -0.2) is 18.5 Å². The lowest BCUT2D eigenvalue weighted by molar-refractivity contribution is -0.112. The normalized spacial score (nSPS) is 16.7. The maximum Gasteiger partial charge on any atom is 0.341 e. The predicted octanol–water partition coefficient (Wildman–Crippen LogP) is 5.59. The number of hydrogen-bond donors (Lipinski definition) is 1. The fourth-order valence-electron chi connectivity index (χ4n) is 3.91. The number of allylic oxidation sites excluding steroid dienone is 1. The van der Waals surface area contributed by atoms with E-state index in [1.165, 1.54) is 23.1 Å². The molecule has 0 fully saturated rings. The van der Waals surface area contributed by atoms with Crippen LogP contribution in [0.2, 0.25) is 0 Å². The monoisotopic (exact) mass is 465 g/mol. The number of ether oxygens (including phenoxy) is 1. The van der Waals surface area contributed by atoms with E-state index in [1.807, 2.05) is 47.6 Å². The number of aryl methyl sites for hydroxylation is 1. The quantitative estimate of drug-likeness (QED) is 0.352. The zero-order valence-corrected chi connectivity index (χ0v) is 19.6. The fraction of sp³-hybridized carbons (Fsp3) is 0.292. The molecule has 1 amide bonds. The van der Waals surface area contributed by atoms with E-state index >= 15 is 0 Å². The predicted molar refractivity (Wildman–Crippen MR) is 128 cm³/mol. The summed E-state index contributed by atoms with van der Waals surface area (Å²) in [6.45, 7) is 3.96. The van der Waals surface area contributed by atoms with Gasteiger partial charge in [-0.15, -0.1) is 11.3 Å². The number of carbonyl (C=O) groups excluding carboxylic acids is 2. The highest BCUT2D eigenvalue weighted by Gasteiger charge is 2.31. The minimum atomic E-state index is -0.525. The number of anilines is 2. The number of hydrogen-bond acceptors (Lipinski definition) is 7. The molecule has 1 aliphatic heterocycles. The van der Waals surface area contributed by atoms with Gasteiger partial charge in [-0.3, -0.25) is 4.79 Å². The molecule has 0 saturated heterocycles. The van der Waals surface area contributed by atoms with Crippen LogP contribution in [0.15, 0.2) is 52.0 Å². The molecule has 2 heterocycles. The number of para-hydroxylation sites is 1. The number of amides is 1. The third-order valence-corrected chi connectivity index (χ3v) is 7.62. The summed E-state index contributed by atoms with van der Waals surface area (Å²) in [6, 6.07) is 11.7. The molecule has 0 spiro atoms. The summed E-state index contributed by atoms with van der Waals surface area (Å²) in [5, 5.41) is 15.7. The van der Waals surface area contributed by atoms with E-state index in [1.54, 1.807) is 6.92 Å². The molecule has 4 rings (SSSR count). The smallest absolute Gasteiger partial charge is 0.341 e. The number of carbonyl (C=O) groups is 2. The van der Waals surface area contributed by atoms with Crippen molar-refractivity contribution in [2.45, 2.75) is 39.5 Å². The van der Waals surface area contributed by atoms with E-state index in [2.05, 4.69) is 11.4 Å². The van der Waals surface area contributed by atoms with Crippen LogP contribution in [0.5, 0.6) is 0 Å². The molecule has 2 aliphatic rings. The Labute approximate surface area is 195 Å². The number of rotatable bonds is 5. The average molecular weight is 466 g/mol. The maximum atomic E-state index is 13.3. The molecule has 6 nitrogen and oxygen atoms in total. The van der Waals surface area contributed by atoms with Crippen LogP contribution in [0, 0.1) is 11.3 Å². The number of esters is 1. The van der Waals surface area contributed by atoms with Crippen molar-refractivity contribution in [2.75, 3.05) is 16.8 Å². The van der Waals surface area contributed by atoms with Gasteiger partial charge < -0.3 is 15.0 Å². The lowest BCUT2D eigenvalue weighted by atomic mass is 9.95. The van der Waals surface area contributed by atoms with Crippen molar-refractivity contribution in [3.63, 3.8) is 0 Å². The Morgan fingerprint density at radius 3 is 2.69 bits per heavy atom. The zero-order valence-electron chi connectivity index (χ0n) is 17.9. The lowest BCUT2D eigenvalue weighted by Gasteiger charge is -2.22. The molecular formula is C24H23N3O3S2. The van der Waals surface area contributed by atoms with Crippen LogP contribution in [0.1, 0.15) is 47.5 Å². The van der Waals surface area contributed by atoms with Gasteiger partial charge >= 0.3 is 5.97 Å². The minimum Gasteiger partial charge on any atom is -0.462 e. The fourth-order valence-corrected chi connectivity index (χ4v) is 6.18. The van der Waals surface area contributed by atoms with Crippen molar-refractivity contribution in [3.8, 4) is 6.07 Å². The number of benzene rings is 1. The molecule has 32 heavy (non-hydrogen) atoms. The summed E-state index contributed by atoms with van der Waals surface area (Å²) in [5.41, 5.74) is 3.22. The second kappa shape index (κ2) is 9.63. The van der Waals surface area contributed by atoms with E-state index in [0.29, 0.717) is 15.6 Å². The summed E-state index contributed by atoms with van der Waals surface area (Å²) in [4.78, 5) is 29.0. The number of fused-ring (bicyclic) bond motifs is 1. The minimum absolute atomic E-state index is 0.00753. The zero-order chi connectivity index (χ0) is 22.7. The van der Waals surface area contributed by atoms with Gasteiger partial charge in [-0.05, 0) is 62.6 Å². The topological polar surface area (TPSA) is 82.4 Å². The molecular weight excluding hydrogens is 442 g/mol. The van der Waals surface area contributed by atoms with Gasteiger partial charge in [0.05, 0.1) is 12.2 Å². The number of thiophene rings is 1. The molecule has 1 aliphatic carbocycles. The van der Waals surface area contributed by atoms with E-state index in [0.717, 1.165) is 47.5 Å². The van der Waals surface area contributed by atoms with Gasteiger partial charge in [0.25, 0.3) is 5.91 Å². The molecule has 8 heteroatoms. The van der Waals surface area contributed by atoms with Crippen molar-refractivity contribution in [1.29, 1.82) is 5.26 Å². The van der Waals surface area contributed by atoms with Crippen molar-refractivity contribution < 1.29 is 14.3 Å². The second-order valence-corrected chi connectivity index (χ2v) is 9.39. The largest absolute Gasteiger partial charge is 0.462 e. The Morgan fingerprint density at radius 1 is 1.22 bits per heavy atom. The Morgan fingerprint density at radius 2 is 1.97 bits per heavy atom. The van der Waals surface area contributed by atoms with Gasteiger partial charge in [0.1, 0.15) is 21.7 Å². The summed E-state index contributed by atoms with van der Waals surface area (Å²) in [7, 11) is 0. The van der Waals surface area contributed by atoms with E-state index < -0.39 is 11.9 Å². The molecule has 1 N–H and O–H groups in total. The molecule has 0 radical (unpaired) electrons. The summed E-state index contributed by atoms with van der Waals surface area (Å²) >= 11 is 2.76. The molecule has 0 unspecified atom stereocenters. The van der Waals surface area contributed by atoms with Gasteiger partial charge in [0.2, 0.25) is 0 Å². The summed E-state index contributed by atoms with van der Waals surface area (Å²) in [6.07, 6.45) is 3.74. The Balaban J connectivity index is 1.70. The van der Waals surface area contributed by atoms with E-state index in [9.17, 15) is 14.9 Å². The first-order valence-electron chi connectivity index (χ1n) is 10.5. The molecule has 0 atom stereocenters. The van der Waals surface area contributed by atoms with Crippen LogP contribution in [0.25, 0.3) is 0 Å². The molecule has 1 aromatic carbocycles. The van der Waals surface area contributed by atoms with Crippen LogP contribution in [0.3, 0.4) is 0 Å². The SMILES string of the molecule is CCOC(=O)c1c(NC(=O)/C(C#N)=C2\SC=C(C)N2c2ccccc2)sc2c1CCCC2. The highest BCUT2D eigenvalue weighted by atomic mass is 32.2. The number of thioether (sulfide) groups is 1. The second-order valence-electron chi connectivity index (χ2n) is 7.43. The Hall–Kier alpha value is -3.02.